The smallest absolute Gasteiger partial charge is 0.242 e. The van der Waals surface area contributed by atoms with E-state index in [0.29, 0.717) is 5.92 Å². The average Bonchev–Trinajstić information content (AvgIpc) is 2.37. The largest absolute Gasteiger partial charge is 0.339 e. The normalized spacial score (nSPS) is 33.2. The predicted octanol–water partition coefficient (Wildman–Crippen LogP) is 1.84. The zero-order valence-electron chi connectivity index (χ0n) is 13.6. The molecule has 2 aliphatic rings. The number of nitrogens with zero attached hydrogens (tertiary/aromatic N) is 2. The Bertz CT molecular complexity index is 355. The van der Waals surface area contributed by atoms with Gasteiger partial charge in [0.25, 0.3) is 0 Å². The van der Waals surface area contributed by atoms with Crippen molar-refractivity contribution in [2.24, 2.45) is 11.7 Å². The molecule has 2 unspecified atom stereocenters. The fourth-order valence-electron chi connectivity index (χ4n) is 3.68. The van der Waals surface area contributed by atoms with Gasteiger partial charge in [0.05, 0.1) is 5.54 Å². The van der Waals surface area contributed by atoms with Gasteiger partial charge in [-0.15, -0.1) is 0 Å². The number of amides is 1. The highest BCUT2D eigenvalue weighted by Crippen LogP contribution is 2.32. The van der Waals surface area contributed by atoms with Crippen molar-refractivity contribution in [1.29, 1.82) is 0 Å². The molecule has 1 saturated carbocycles. The van der Waals surface area contributed by atoms with Crippen molar-refractivity contribution in [3.63, 3.8) is 0 Å². The van der Waals surface area contributed by atoms with E-state index in [1.54, 1.807) is 0 Å². The monoisotopic (exact) mass is 281 g/mol. The van der Waals surface area contributed by atoms with Crippen molar-refractivity contribution in [1.82, 2.24) is 9.80 Å². The second-order valence-electron chi connectivity index (χ2n) is 7.81. The van der Waals surface area contributed by atoms with Crippen LogP contribution in [0.4, 0.5) is 0 Å². The molecule has 0 radical (unpaired) electrons. The first kappa shape index (κ1) is 15.8. The molecule has 1 amide bonds. The highest BCUT2D eigenvalue weighted by atomic mass is 16.2. The highest BCUT2D eigenvalue weighted by Gasteiger charge is 2.41. The predicted molar refractivity (Wildman–Crippen MR) is 82.5 cm³/mol. The molecular formula is C16H31N3O. The summed E-state index contributed by atoms with van der Waals surface area (Å²) in [6.45, 7) is 12.5. The van der Waals surface area contributed by atoms with E-state index >= 15 is 0 Å². The van der Waals surface area contributed by atoms with E-state index in [2.05, 4.69) is 32.6 Å². The molecule has 0 spiro atoms. The van der Waals surface area contributed by atoms with Crippen LogP contribution >= 0.6 is 0 Å². The van der Waals surface area contributed by atoms with Crippen LogP contribution in [0.3, 0.4) is 0 Å². The Morgan fingerprint density at radius 3 is 2.30 bits per heavy atom. The first-order chi connectivity index (χ1) is 9.22. The third kappa shape index (κ3) is 3.34. The number of carbonyl (C=O) groups is 1. The van der Waals surface area contributed by atoms with Gasteiger partial charge < -0.3 is 10.6 Å². The van der Waals surface area contributed by atoms with Crippen molar-refractivity contribution in [3.05, 3.63) is 0 Å². The fraction of sp³-hybridized carbons (Fsp3) is 0.938. The van der Waals surface area contributed by atoms with E-state index in [0.717, 1.165) is 45.4 Å². The Kier molecular flexibility index (Phi) is 4.45. The number of piperazine rings is 1. The van der Waals surface area contributed by atoms with Crippen molar-refractivity contribution in [3.8, 4) is 0 Å². The van der Waals surface area contributed by atoms with Gasteiger partial charge in [-0.25, -0.2) is 0 Å². The highest BCUT2D eigenvalue weighted by molar-refractivity contribution is 5.86. The fourth-order valence-corrected chi connectivity index (χ4v) is 3.68. The Morgan fingerprint density at radius 1 is 1.20 bits per heavy atom. The van der Waals surface area contributed by atoms with Crippen LogP contribution < -0.4 is 5.73 Å². The van der Waals surface area contributed by atoms with Gasteiger partial charge in [0.1, 0.15) is 0 Å². The summed E-state index contributed by atoms with van der Waals surface area (Å²) < 4.78 is 0. The van der Waals surface area contributed by atoms with E-state index < -0.39 is 5.54 Å². The van der Waals surface area contributed by atoms with Crippen LogP contribution in [-0.2, 0) is 4.79 Å². The standard InChI is InChI=1S/C16H31N3O/c1-13-6-5-7-16(17,12-13)14(20)18-8-10-19(11-9-18)15(2,3)4/h13H,5-12,17H2,1-4H3. The molecule has 2 N–H and O–H groups in total. The average molecular weight is 281 g/mol. The lowest BCUT2D eigenvalue weighted by Gasteiger charge is -2.45. The molecule has 116 valence electrons. The van der Waals surface area contributed by atoms with Crippen LogP contribution in [0.25, 0.3) is 0 Å². The molecule has 4 heteroatoms. The Morgan fingerprint density at radius 2 is 1.80 bits per heavy atom. The topological polar surface area (TPSA) is 49.6 Å². The summed E-state index contributed by atoms with van der Waals surface area (Å²) in [4.78, 5) is 17.2. The maximum absolute atomic E-state index is 12.8. The minimum atomic E-state index is -0.596. The number of nitrogens with two attached hydrogens (primary N) is 1. The van der Waals surface area contributed by atoms with Crippen LogP contribution in [-0.4, -0.2) is 53.0 Å². The number of hydrogen-bond acceptors (Lipinski definition) is 3. The van der Waals surface area contributed by atoms with Crippen LogP contribution in [0.1, 0.15) is 53.4 Å². The second kappa shape index (κ2) is 5.64. The molecule has 0 aromatic rings. The van der Waals surface area contributed by atoms with Crippen LogP contribution in [0.5, 0.6) is 0 Å². The van der Waals surface area contributed by atoms with Crippen LogP contribution in [0.2, 0.25) is 0 Å². The molecule has 1 heterocycles. The van der Waals surface area contributed by atoms with E-state index in [-0.39, 0.29) is 11.4 Å². The molecule has 4 nitrogen and oxygen atoms in total. The minimum Gasteiger partial charge on any atom is -0.339 e. The third-order valence-electron chi connectivity index (χ3n) is 4.97. The molecule has 20 heavy (non-hydrogen) atoms. The Hall–Kier alpha value is -0.610. The molecule has 1 aliphatic heterocycles. The van der Waals surface area contributed by atoms with Gasteiger partial charge in [-0.1, -0.05) is 19.8 Å². The van der Waals surface area contributed by atoms with E-state index in [4.69, 9.17) is 5.73 Å². The first-order valence-corrected chi connectivity index (χ1v) is 8.06. The lowest BCUT2D eigenvalue weighted by atomic mass is 9.76. The molecule has 0 bridgehead atoms. The first-order valence-electron chi connectivity index (χ1n) is 8.06. The molecule has 1 saturated heterocycles. The summed E-state index contributed by atoms with van der Waals surface area (Å²) in [6.07, 6.45) is 4.01. The van der Waals surface area contributed by atoms with Gasteiger partial charge in [0.15, 0.2) is 0 Å². The zero-order chi connectivity index (χ0) is 15.0. The van der Waals surface area contributed by atoms with Crippen LogP contribution in [0.15, 0.2) is 0 Å². The van der Waals surface area contributed by atoms with Crippen molar-refractivity contribution in [2.75, 3.05) is 26.2 Å². The summed E-state index contributed by atoms with van der Waals surface area (Å²) in [5.74, 6) is 0.770. The molecular weight excluding hydrogens is 250 g/mol. The van der Waals surface area contributed by atoms with Crippen molar-refractivity contribution >= 4 is 5.91 Å². The lowest BCUT2D eigenvalue weighted by molar-refractivity contribution is -0.141. The SMILES string of the molecule is CC1CCCC(N)(C(=O)N2CCN(C(C)(C)C)CC2)C1. The van der Waals surface area contributed by atoms with Crippen molar-refractivity contribution < 1.29 is 4.79 Å². The molecule has 1 aliphatic carbocycles. The molecule has 0 aromatic carbocycles. The summed E-state index contributed by atoms with van der Waals surface area (Å²) in [7, 11) is 0. The molecule has 2 rings (SSSR count). The van der Waals surface area contributed by atoms with Crippen molar-refractivity contribution in [2.45, 2.75) is 64.5 Å². The Labute approximate surface area is 123 Å². The zero-order valence-corrected chi connectivity index (χ0v) is 13.6. The van der Waals surface area contributed by atoms with Gasteiger partial charge in [-0.2, -0.15) is 0 Å². The maximum Gasteiger partial charge on any atom is 0.242 e. The van der Waals surface area contributed by atoms with Gasteiger partial charge in [0.2, 0.25) is 5.91 Å². The Balaban J connectivity index is 1.95. The summed E-state index contributed by atoms with van der Waals surface area (Å²) in [5, 5.41) is 0. The molecule has 0 aromatic heterocycles. The van der Waals surface area contributed by atoms with Gasteiger partial charge in [-0.3, -0.25) is 9.69 Å². The third-order valence-corrected chi connectivity index (χ3v) is 4.97. The van der Waals surface area contributed by atoms with Gasteiger partial charge in [-0.05, 0) is 39.5 Å². The summed E-state index contributed by atoms with van der Waals surface area (Å²) in [5.41, 5.74) is 6.03. The van der Waals surface area contributed by atoms with E-state index in [9.17, 15) is 4.79 Å². The molecule has 2 fully saturated rings. The second-order valence-corrected chi connectivity index (χ2v) is 7.81. The van der Waals surface area contributed by atoms with E-state index in [1.807, 2.05) is 4.90 Å². The summed E-state index contributed by atoms with van der Waals surface area (Å²) in [6, 6.07) is 0. The number of carbonyl (C=O) groups excluding carboxylic acids is 1. The lowest BCUT2D eigenvalue weighted by Crippen LogP contribution is -2.62. The van der Waals surface area contributed by atoms with E-state index in [1.165, 1.54) is 6.42 Å². The molecule has 2 atom stereocenters. The van der Waals surface area contributed by atoms with Gasteiger partial charge in [0, 0.05) is 31.7 Å². The maximum atomic E-state index is 12.8. The van der Waals surface area contributed by atoms with Crippen LogP contribution in [0, 0.1) is 5.92 Å². The number of hydrogen-bond donors (Lipinski definition) is 1. The summed E-state index contributed by atoms with van der Waals surface area (Å²) >= 11 is 0. The number of rotatable bonds is 1. The quantitative estimate of drug-likeness (QED) is 0.798. The minimum absolute atomic E-state index is 0.189. The van der Waals surface area contributed by atoms with Gasteiger partial charge >= 0.3 is 0 Å².